The second-order valence-corrected chi connectivity index (χ2v) is 5.50. The number of hydrogen-bond acceptors (Lipinski definition) is 6. The maximum absolute atomic E-state index is 12.7. The van der Waals surface area contributed by atoms with Gasteiger partial charge in [0.15, 0.2) is 12.4 Å². The quantitative estimate of drug-likeness (QED) is 0.422. The number of aliphatic hydroxyl groups excluding tert-OH is 2. The highest BCUT2D eigenvalue weighted by molar-refractivity contribution is 5.97. The number of rotatable bonds is 8. The Balaban J connectivity index is 2.33. The number of para-hydroxylation sites is 1. The number of amides is 1. The molecule has 2 aromatic rings. The molecule has 0 saturated carbocycles. The number of aldehydes is 1. The molecule has 0 fully saturated rings. The molecule has 0 saturated heterocycles. The van der Waals surface area contributed by atoms with Crippen LogP contribution >= 0.6 is 0 Å². The molecule has 0 aliphatic rings. The molecular formula is C18H18N2O6. The van der Waals surface area contributed by atoms with Crippen LogP contribution in [0.5, 0.6) is 0 Å². The lowest BCUT2D eigenvalue weighted by Crippen LogP contribution is -2.36. The Morgan fingerprint density at radius 1 is 1.23 bits per heavy atom. The fourth-order valence-electron chi connectivity index (χ4n) is 2.50. The first-order chi connectivity index (χ1) is 12.5. The summed E-state index contributed by atoms with van der Waals surface area (Å²) >= 11 is 0. The number of hydrogen-bond donors (Lipinski definition) is 2. The molecular weight excluding hydrogens is 340 g/mol. The van der Waals surface area contributed by atoms with Crippen molar-refractivity contribution < 1.29 is 24.7 Å². The molecule has 26 heavy (non-hydrogen) atoms. The van der Waals surface area contributed by atoms with Crippen LogP contribution in [0.4, 0.5) is 11.4 Å². The van der Waals surface area contributed by atoms with E-state index in [0.717, 1.165) is 12.1 Å². The molecule has 8 nitrogen and oxygen atoms in total. The van der Waals surface area contributed by atoms with Gasteiger partial charge in [-0.3, -0.25) is 19.7 Å². The molecule has 0 radical (unpaired) electrons. The highest BCUT2D eigenvalue weighted by atomic mass is 16.6. The molecule has 0 aromatic heterocycles. The predicted molar refractivity (Wildman–Crippen MR) is 93.9 cm³/mol. The molecule has 8 heteroatoms. The van der Waals surface area contributed by atoms with Gasteiger partial charge in [-0.2, -0.15) is 0 Å². The van der Waals surface area contributed by atoms with Gasteiger partial charge in [-0.15, -0.1) is 0 Å². The van der Waals surface area contributed by atoms with E-state index >= 15 is 0 Å². The zero-order valence-electron chi connectivity index (χ0n) is 13.8. The van der Waals surface area contributed by atoms with Crippen LogP contribution < -0.4 is 4.90 Å². The summed E-state index contributed by atoms with van der Waals surface area (Å²) in [6.45, 7) is 0.0590. The van der Waals surface area contributed by atoms with E-state index in [9.17, 15) is 24.8 Å². The Kier molecular flexibility index (Phi) is 6.54. The topological polar surface area (TPSA) is 121 Å². The van der Waals surface area contributed by atoms with Crippen molar-refractivity contribution in [2.75, 3.05) is 18.1 Å². The second-order valence-electron chi connectivity index (χ2n) is 5.50. The van der Waals surface area contributed by atoms with Crippen LogP contribution in [0.2, 0.25) is 0 Å². The van der Waals surface area contributed by atoms with Crippen LogP contribution in [-0.4, -0.2) is 40.5 Å². The Bertz CT molecular complexity index is 794. The van der Waals surface area contributed by atoms with Gasteiger partial charge in [0, 0.05) is 24.9 Å². The van der Waals surface area contributed by atoms with Crippen molar-refractivity contribution in [1.29, 1.82) is 0 Å². The van der Waals surface area contributed by atoms with Crippen molar-refractivity contribution in [1.82, 2.24) is 0 Å². The number of carbonyl (C=O) groups is 2. The summed E-state index contributed by atoms with van der Waals surface area (Å²) in [4.78, 5) is 35.3. The van der Waals surface area contributed by atoms with Crippen molar-refractivity contribution in [2.45, 2.75) is 12.5 Å². The average Bonchev–Trinajstić information content (AvgIpc) is 2.67. The Hall–Kier alpha value is -3.10. The van der Waals surface area contributed by atoms with E-state index in [1.54, 1.807) is 30.3 Å². The third-order valence-corrected chi connectivity index (χ3v) is 3.80. The van der Waals surface area contributed by atoms with E-state index in [2.05, 4.69) is 0 Å². The lowest BCUT2D eigenvalue weighted by atomic mass is 10.0. The van der Waals surface area contributed by atoms with Crippen LogP contribution in [-0.2, 0) is 4.79 Å². The number of anilines is 1. The molecule has 0 heterocycles. The smallest absolute Gasteiger partial charge is 0.279 e. The van der Waals surface area contributed by atoms with Gasteiger partial charge in [-0.05, 0) is 36.2 Å². The first kappa shape index (κ1) is 19.2. The van der Waals surface area contributed by atoms with E-state index in [1.165, 1.54) is 11.0 Å². The minimum absolute atomic E-state index is 0.0765. The summed E-state index contributed by atoms with van der Waals surface area (Å²) in [6.07, 6.45) is -0.986. The Morgan fingerprint density at radius 2 is 1.92 bits per heavy atom. The van der Waals surface area contributed by atoms with Gasteiger partial charge >= 0.3 is 0 Å². The molecule has 0 bridgehead atoms. The Morgan fingerprint density at radius 3 is 2.50 bits per heavy atom. The van der Waals surface area contributed by atoms with Crippen molar-refractivity contribution in [2.24, 2.45) is 0 Å². The maximum Gasteiger partial charge on any atom is 0.279 e. The zero-order chi connectivity index (χ0) is 19.1. The zero-order valence-corrected chi connectivity index (χ0v) is 13.8. The summed E-state index contributed by atoms with van der Waals surface area (Å²) < 4.78 is 0. The third kappa shape index (κ3) is 4.29. The van der Waals surface area contributed by atoms with Gasteiger partial charge in [0.2, 0.25) is 0 Å². The van der Waals surface area contributed by atoms with Crippen LogP contribution in [0, 0.1) is 10.1 Å². The predicted octanol–water partition coefficient (Wildman–Crippen LogP) is 1.86. The monoisotopic (exact) mass is 358 g/mol. The lowest BCUT2D eigenvalue weighted by Gasteiger charge is -2.25. The summed E-state index contributed by atoms with van der Waals surface area (Å²) in [5.74, 6) is -0.657. The van der Waals surface area contributed by atoms with E-state index in [4.69, 9.17) is 5.11 Å². The molecule has 0 aliphatic carbocycles. The van der Waals surface area contributed by atoms with Crippen LogP contribution in [0.15, 0.2) is 48.5 Å². The van der Waals surface area contributed by atoms with E-state index < -0.39 is 22.6 Å². The molecule has 2 rings (SSSR count). The number of nitrogens with zero attached hydrogens (tertiary/aromatic N) is 2. The average molecular weight is 358 g/mol. The number of carbonyl (C=O) groups excluding carboxylic acids is 2. The number of nitro groups is 1. The van der Waals surface area contributed by atoms with Gasteiger partial charge in [0.25, 0.3) is 11.6 Å². The third-order valence-electron chi connectivity index (χ3n) is 3.80. The molecule has 1 unspecified atom stereocenters. The molecule has 1 atom stereocenters. The van der Waals surface area contributed by atoms with Crippen molar-refractivity contribution in [3.63, 3.8) is 0 Å². The number of nitro benzene ring substituents is 1. The van der Waals surface area contributed by atoms with Gasteiger partial charge < -0.3 is 15.1 Å². The van der Waals surface area contributed by atoms with Gasteiger partial charge in [0.05, 0.1) is 10.5 Å². The number of benzene rings is 2. The van der Waals surface area contributed by atoms with Gasteiger partial charge in [-0.1, -0.05) is 18.2 Å². The SMILES string of the molecule is O=Cc1cc(C(O)C(=O)N(CCCO)c2ccccc2)ccc1[N+](=O)[O-]. The first-order valence-corrected chi connectivity index (χ1v) is 7.88. The van der Waals surface area contributed by atoms with Gasteiger partial charge in [0.1, 0.15) is 0 Å². The summed E-state index contributed by atoms with van der Waals surface area (Å²) in [7, 11) is 0. The molecule has 2 N–H and O–H groups in total. The number of aliphatic hydroxyl groups is 2. The van der Waals surface area contributed by atoms with Crippen molar-refractivity contribution in [3.05, 3.63) is 69.8 Å². The standard InChI is InChI=1S/C18H18N2O6/c21-10-4-9-19(15-5-2-1-3-6-15)18(24)17(23)13-7-8-16(20(25)26)14(11-13)12-22/h1-3,5-8,11-12,17,21,23H,4,9-10H2. The van der Waals surface area contributed by atoms with Crippen LogP contribution in [0.1, 0.15) is 28.4 Å². The molecule has 0 aliphatic heterocycles. The second kappa shape index (κ2) is 8.84. The van der Waals surface area contributed by atoms with E-state index in [1.807, 2.05) is 0 Å². The fraction of sp³-hybridized carbons (Fsp3) is 0.222. The lowest BCUT2D eigenvalue weighted by molar-refractivity contribution is -0.385. The minimum Gasteiger partial charge on any atom is -0.396 e. The highest BCUT2D eigenvalue weighted by Crippen LogP contribution is 2.25. The van der Waals surface area contributed by atoms with E-state index in [-0.39, 0.29) is 24.3 Å². The van der Waals surface area contributed by atoms with E-state index in [0.29, 0.717) is 18.4 Å². The summed E-state index contributed by atoms with van der Waals surface area (Å²) in [5, 5.41) is 30.4. The largest absolute Gasteiger partial charge is 0.396 e. The molecule has 136 valence electrons. The summed E-state index contributed by atoms with van der Waals surface area (Å²) in [6, 6.07) is 12.1. The normalized spacial score (nSPS) is 11.6. The molecule has 0 spiro atoms. The molecule has 2 aromatic carbocycles. The van der Waals surface area contributed by atoms with Crippen molar-refractivity contribution in [3.8, 4) is 0 Å². The van der Waals surface area contributed by atoms with Crippen molar-refractivity contribution >= 4 is 23.6 Å². The highest BCUT2D eigenvalue weighted by Gasteiger charge is 2.26. The van der Waals surface area contributed by atoms with Crippen LogP contribution in [0.3, 0.4) is 0 Å². The Labute approximate surface area is 149 Å². The maximum atomic E-state index is 12.7. The fourth-order valence-corrected chi connectivity index (χ4v) is 2.50. The molecule has 1 amide bonds. The van der Waals surface area contributed by atoms with Gasteiger partial charge in [-0.25, -0.2) is 0 Å². The minimum atomic E-state index is -1.60. The first-order valence-electron chi connectivity index (χ1n) is 7.88. The van der Waals surface area contributed by atoms with Crippen LogP contribution in [0.25, 0.3) is 0 Å². The summed E-state index contributed by atoms with van der Waals surface area (Å²) in [5.41, 5.74) is -0.000263.